The summed E-state index contributed by atoms with van der Waals surface area (Å²) in [4.78, 5) is 63.7. The molecule has 218 valence electrons. The van der Waals surface area contributed by atoms with Crippen molar-refractivity contribution in [2.24, 2.45) is 17.8 Å². The summed E-state index contributed by atoms with van der Waals surface area (Å²) in [7, 11) is 2.04. The number of nitrogens with zero attached hydrogens (tertiary/aromatic N) is 3. The molecule has 4 aliphatic rings. The minimum absolute atomic E-state index is 0.149. The van der Waals surface area contributed by atoms with Gasteiger partial charge in [-0.2, -0.15) is 0 Å². The van der Waals surface area contributed by atoms with Gasteiger partial charge in [-0.25, -0.2) is 0 Å². The first kappa shape index (κ1) is 27.7. The lowest BCUT2D eigenvalue weighted by molar-refractivity contribution is -0.169. The van der Waals surface area contributed by atoms with Crippen LogP contribution in [0.25, 0.3) is 16.5 Å². The van der Waals surface area contributed by atoms with Crippen molar-refractivity contribution in [1.29, 1.82) is 0 Å². The quantitative estimate of drug-likeness (QED) is 0.566. The van der Waals surface area contributed by atoms with Crippen molar-refractivity contribution in [2.45, 2.75) is 77.5 Å². The lowest BCUT2D eigenvalue weighted by atomic mass is 9.79. The summed E-state index contributed by atoms with van der Waals surface area (Å²) in [5.41, 5.74) is 4.66. The molecule has 0 spiro atoms. The van der Waals surface area contributed by atoms with Crippen LogP contribution in [0, 0.1) is 17.8 Å². The minimum atomic E-state index is -0.911. The van der Waals surface area contributed by atoms with Gasteiger partial charge in [0.25, 0.3) is 11.8 Å². The second-order valence-electron chi connectivity index (χ2n) is 12.7. The zero-order chi connectivity index (χ0) is 29.2. The van der Waals surface area contributed by atoms with E-state index in [0.717, 1.165) is 29.5 Å². The molecule has 2 fully saturated rings. The van der Waals surface area contributed by atoms with Crippen LogP contribution in [0.3, 0.4) is 0 Å². The minimum Gasteiger partial charge on any atom is -0.361 e. The number of likely N-dealkylation sites (N-methyl/N-ethyl adjacent to an activating group) is 1. The highest BCUT2D eigenvalue weighted by atomic mass is 16.2. The number of hydrogen-bond donors (Lipinski definition) is 2. The third kappa shape index (κ3) is 4.40. The third-order valence-corrected chi connectivity index (χ3v) is 9.85. The van der Waals surface area contributed by atoms with Crippen molar-refractivity contribution < 1.29 is 19.2 Å². The Hall–Kier alpha value is -3.46. The zero-order valence-electron chi connectivity index (χ0n) is 24.6. The molecule has 9 nitrogen and oxygen atoms in total. The molecular weight excluding hydrogens is 518 g/mol. The fourth-order valence-corrected chi connectivity index (χ4v) is 7.37. The standard InChI is InChI=1S/C32H41N5O4/c1-6-18(4)28-32(41)36-12-8-11-24(36)30(39)37(28)31(40)27(17(2)3)34-29(38)20-13-22-21-9-7-10-23-26(21)19(15-33-23)14-25(22)35(5)16-20/h7,9-10,13,15,17-18,20,24-25,27-28,33H,6,8,11-12,14,16H2,1-5H3,(H,34,38)/t18?,20-,24-,25?,27+,28+/m1/s1. The van der Waals surface area contributed by atoms with Gasteiger partial charge in [0.15, 0.2) is 0 Å². The van der Waals surface area contributed by atoms with Gasteiger partial charge in [0.1, 0.15) is 18.1 Å². The molecule has 6 atom stereocenters. The SMILES string of the molecule is CCC(C)[C@H]1C(=O)N2CCC[C@@H]2C(=O)N1C(=O)[C@@H](NC(=O)[C@@H]1C=C2c3cccc4[nH]cc(c34)CC2N(C)C1)C(C)C. The molecule has 0 bridgehead atoms. The van der Waals surface area contributed by atoms with Crippen LogP contribution in [0.1, 0.15) is 58.1 Å². The highest BCUT2D eigenvalue weighted by Crippen LogP contribution is 2.41. The molecule has 2 saturated heterocycles. The number of carbonyl (C=O) groups is 4. The number of imide groups is 1. The maximum atomic E-state index is 14.2. The third-order valence-electron chi connectivity index (χ3n) is 9.85. The lowest BCUT2D eigenvalue weighted by Crippen LogP contribution is -2.68. The highest BCUT2D eigenvalue weighted by molar-refractivity contribution is 6.09. The van der Waals surface area contributed by atoms with E-state index in [1.54, 1.807) is 4.90 Å². The number of amides is 4. The fourth-order valence-electron chi connectivity index (χ4n) is 7.37. The van der Waals surface area contributed by atoms with Crippen LogP contribution in [0.2, 0.25) is 0 Å². The van der Waals surface area contributed by atoms with Gasteiger partial charge in [0.05, 0.1) is 5.92 Å². The molecule has 1 aromatic carbocycles. The molecule has 1 aromatic heterocycles. The number of benzene rings is 1. The topological polar surface area (TPSA) is 106 Å². The van der Waals surface area contributed by atoms with Gasteiger partial charge in [-0.1, -0.05) is 52.3 Å². The summed E-state index contributed by atoms with van der Waals surface area (Å²) in [5.74, 6) is -2.06. The van der Waals surface area contributed by atoms with Crippen molar-refractivity contribution in [3.05, 3.63) is 41.6 Å². The van der Waals surface area contributed by atoms with E-state index in [4.69, 9.17) is 0 Å². The summed E-state index contributed by atoms with van der Waals surface area (Å²) in [6.45, 7) is 8.70. The van der Waals surface area contributed by atoms with Crippen LogP contribution in [0.4, 0.5) is 0 Å². The van der Waals surface area contributed by atoms with Gasteiger partial charge >= 0.3 is 0 Å². The predicted molar refractivity (Wildman–Crippen MR) is 156 cm³/mol. The van der Waals surface area contributed by atoms with Gasteiger partial charge in [0, 0.05) is 36.2 Å². The van der Waals surface area contributed by atoms with Gasteiger partial charge in [0.2, 0.25) is 11.8 Å². The normalized spacial score (nSPS) is 27.5. The van der Waals surface area contributed by atoms with Crippen molar-refractivity contribution in [2.75, 3.05) is 20.1 Å². The first-order valence-corrected chi connectivity index (χ1v) is 15.1. The van der Waals surface area contributed by atoms with Gasteiger partial charge in [-0.05, 0) is 60.9 Å². The second-order valence-corrected chi connectivity index (χ2v) is 12.7. The maximum absolute atomic E-state index is 14.2. The molecule has 0 saturated carbocycles. The first-order valence-electron chi connectivity index (χ1n) is 15.1. The first-order chi connectivity index (χ1) is 19.6. The second kappa shape index (κ2) is 10.4. The monoisotopic (exact) mass is 559 g/mol. The highest BCUT2D eigenvalue weighted by Gasteiger charge is 2.53. The lowest BCUT2D eigenvalue weighted by Gasteiger charge is -2.45. The summed E-state index contributed by atoms with van der Waals surface area (Å²) < 4.78 is 0. The van der Waals surface area contributed by atoms with E-state index in [2.05, 4.69) is 39.6 Å². The molecule has 4 amide bonds. The van der Waals surface area contributed by atoms with Crippen molar-refractivity contribution in [3.63, 3.8) is 0 Å². The molecular formula is C32H41N5O4. The van der Waals surface area contributed by atoms with Gasteiger partial charge in [-0.3, -0.25) is 29.0 Å². The number of aromatic amines is 1. The van der Waals surface area contributed by atoms with Crippen molar-refractivity contribution in [3.8, 4) is 0 Å². The number of H-pyrrole nitrogens is 1. The van der Waals surface area contributed by atoms with Crippen LogP contribution in [0.15, 0.2) is 30.5 Å². The van der Waals surface area contributed by atoms with Crippen LogP contribution in [-0.4, -0.2) is 87.6 Å². The summed E-state index contributed by atoms with van der Waals surface area (Å²) in [6.07, 6.45) is 7.01. The number of nitrogens with one attached hydrogen (secondary N) is 2. The number of rotatable bonds is 6. The Morgan fingerprint density at radius 1 is 1.12 bits per heavy atom. The number of carbonyl (C=O) groups excluding carboxylic acids is 4. The number of fused-ring (bicyclic) bond motifs is 3. The maximum Gasteiger partial charge on any atom is 0.252 e. The molecule has 41 heavy (non-hydrogen) atoms. The van der Waals surface area contributed by atoms with Crippen LogP contribution >= 0.6 is 0 Å². The van der Waals surface area contributed by atoms with E-state index < -0.39 is 30.0 Å². The van der Waals surface area contributed by atoms with E-state index in [0.29, 0.717) is 25.9 Å². The number of hydrogen-bond acceptors (Lipinski definition) is 5. The van der Waals surface area contributed by atoms with Crippen LogP contribution in [0.5, 0.6) is 0 Å². The Labute approximate surface area is 241 Å². The Balaban J connectivity index is 1.29. The molecule has 3 aliphatic heterocycles. The Morgan fingerprint density at radius 3 is 2.63 bits per heavy atom. The van der Waals surface area contributed by atoms with E-state index in [-0.39, 0.29) is 35.6 Å². The van der Waals surface area contributed by atoms with E-state index in [9.17, 15) is 19.2 Å². The Kier molecular flexibility index (Phi) is 7.04. The molecule has 9 heteroatoms. The van der Waals surface area contributed by atoms with E-state index in [1.807, 2.05) is 40.8 Å². The van der Waals surface area contributed by atoms with E-state index in [1.165, 1.54) is 15.8 Å². The fraction of sp³-hybridized carbons (Fsp3) is 0.562. The number of piperazine rings is 1. The molecule has 0 radical (unpaired) electrons. The summed E-state index contributed by atoms with van der Waals surface area (Å²) in [5, 5.41) is 4.24. The smallest absolute Gasteiger partial charge is 0.252 e. The average molecular weight is 560 g/mol. The molecule has 4 heterocycles. The molecule has 2 unspecified atom stereocenters. The van der Waals surface area contributed by atoms with E-state index >= 15 is 0 Å². The Morgan fingerprint density at radius 2 is 1.90 bits per heavy atom. The number of aromatic nitrogens is 1. The molecule has 2 aromatic rings. The van der Waals surface area contributed by atoms with Crippen molar-refractivity contribution in [1.82, 2.24) is 25.0 Å². The molecule has 1 aliphatic carbocycles. The average Bonchev–Trinajstić information content (AvgIpc) is 3.62. The zero-order valence-corrected chi connectivity index (χ0v) is 24.6. The Bertz CT molecular complexity index is 1440. The van der Waals surface area contributed by atoms with Crippen LogP contribution < -0.4 is 5.32 Å². The summed E-state index contributed by atoms with van der Waals surface area (Å²) in [6, 6.07) is 4.07. The largest absolute Gasteiger partial charge is 0.361 e. The predicted octanol–water partition coefficient (Wildman–Crippen LogP) is 2.95. The molecule has 6 rings (SSSR count). The molecule has 2 N–H and O–H groups in total. The van der Waals surface area contributed by atoms with Gasteiger partial charge in [-0.15, -0.1) is 0 Å². The van der Waals surface area contributed by atoms with Gasteiger partial charge < -0.3 is 15.2 Å². The van der Waals surface area contributed by atoms with Crippen molar-refractivity contribution >= 4 is 40.1 Å². The summed E-state index contributed by atoms with van der Waals surface area (Å²) >= 11 is 0. The van der Waals surface area contributed by atoms with Crippen LogP contribution in [-0.2, 0) is 25.6 Å².